The maximum atomic E-state index is 12.2. The van der Waals surface area contributed by atoms with Crippen molar-refractivity contribution in [3.05, 3.63) is 149 Å². The average Bonchev–Trinajstić information content (AvgIpc) is 1.68. The van der Waals surface area contributed by atoms with E-state index in [4.69, 9.17) is 23.7 Å². The molecule has 27 heteroatoms. The fraction of sp³-hybridized carbons (Fsp3) is 0.506. The maximum absolute atomic E-state index is 12.2. The van der Waals surface area contributed by atoms with E-state index in [-0.39, 0.29) is 30.2 Å². The summed E-state index contributed by atoms with van der Waals surface area (Å²) in [5.74, 6) is 3.97. The zero-order valence-electron chi connectivity index (χ0n) is 64.3. The smallest absolute Gasteiger partial charge is 0.317 e. The number of hydrogen-bond donors (Lipinski definition) is 7. The van der Waals surface area contributed by atoms with Crippen LogP contribution in [0, 0.1) is 0 Å². The zero-order valence-corrected chi connectivity index (χ0v) is 64.3. The fourth-order valence-electron chi connectivity index (χ4n) is 12.6. The van der Waals surface area contributed by atoms with Crippen molar-refractivity contribution in [2.24, 2.45) is 0 Å². The third-order valence-electron chi connectivity index (χ3n) is 19.8. The van der Waals surface area contributed by atoms with E-state index in [1.807, 2.05) is 128 Å². The summed E-state index contributed by atoms with van der Waals surface area (Å²) < 4.78 is 26.1. The number of rotatable bonds is 20. The minimum absolute atomic E-state index is 0.0218. The van der Waals surface area contributed by atoms with Gasteiger partial charge in [-0.3, -0.25) is 0 Å². The Bertz CT molecular complexity index is 3760. The third kappa shape index (κ3) is 26.7. The summed E-state index contributed by atoms with van der Waals surface area (Å²) in [5.41, 5.74) is 8.12. The van der Waals surface area contributed by atoms with Crippen molar-refractivity contribution in [1.29, 1.82) is 0 Å². The molecule has 5 aromatic carbocycles. The largest absolute Gasteiger partial charge is 0.497 e. The number of amides is 10. The molecule has 0 unspecified atom stereocenters. The van der Waals surface area contributed by atoms with E-state index in [0.717, 1.165) is 202 Å². The summed E-state index contributed by atoms with van der Waals surface area (Å²) in [6, 6.07) is 36.2. The van der Waals surface area contributed by atoms with Crippen LogP contribution in [0.2, 0.25) is 0 Å². The molecule has 0 atom stereocenters. The number of urea groups is 5. The van der Waals surface area contributed by atoms with Gasteiger partial charge in [0.05, 0.1) is 35.5 Å². The fourth-order valence-corrected chi connectivity index (χ4v) is 12.6. The summed E-state index contributed by atoms with van der Waals surface area (Å²) in [5, 5.41) is 17.3. The second-order valence-corrected chi connectivity index (χ2v) is 27.3. The molecule has 27 nitrogen and oxygen atoms in total. The van der Waals surface area contributed by atoms with Crippen molar-refractivity contribution in [3.63, 3.8) is 0 Å². The Balaban J connectivity index is 0.000000168. The lowest BCUT2D eigenvalue weighted by molar-refractivity contribution is 0.154. The molecule has 5 fully saturated rings. The molecule has 7 heterocycles. The normalized spacial score (nSPS) is 15.9. The Hall–Kier alpha value is -9.67. The maximum Gasteiger partial charge on any atom is 0.317 e. The van der Waals surface area contributed by atoms with E-state index < -0.39 is 0 Å². The van der Waals surface area contributed by atoms with Crippen molar-refractivity contribution >= 4 is 52.0 Å². The minimum Gasteiger partial charge on any atom is -0.497 e. The van der Waals surface area contributed by atoms with E-state index in [0.29, 0.717) is 44.2 Å². The quantitative estimate of drug-likeness (QED) is 0.0408. The minimum atomic E-state index is 0.0218. The lowest BCUT2D eigenvalue weighted by atomic mass is 10.1. The van der Waals surface area contributed by atoms with Crippen molar-refractivity contribution < 1.29 is 47.7 Å². The Morgan fingerprint density at radius 3 is 1.04 bits per heavy atom. The second kappa shape index (κ2) is 43.7. The predicted molar refractivity (Wildman–Crippen MR) is 420 cm³/mol. The van der Waals surface area contributed by atoms with Crippen LogP contribution in [0.25, 0.3) is 21.8 Å². The monoisotopic (exact) mass is 1460 g/mol. The molecule has 5 saturated heterocycles. The lowest BCUT2D eigenvalue weighted by Crippen LogP contribution is -2.50. The van der Waals surface area contributed by atoms with Crippen LogP contribution in [0.3, 0.4) is 0 Å². The van der Waals surface area contributed by atoms with Crippen LogP contribution in [-0.4, -0.2) is 324 Å². The summed E-state index contributed by atoms with van der Waals surface area (Å²) >= 11 is 0. The Morgan fingerprint density at radius 2 is 0.642 bits per heavy atom. The molecule has 0 bridgehead atoms. The van der Waals surface area contributed by atoms with Crippen LogP contribution >= 0.6 is 0 Å². The number of aromatic amines is 2. The Kier molecular flexibility index (Phi) is 33.8. The van der Waals surface area contributed by atoms with Crippen LogP contribution in [0.5, 0.6) is 28.7 Å². The molecule has 7 aromatic rings. The highest BCUT2D eigenvalue weighted by Crippen LogP contribution is 2.28. The molecule has 0 saturated carbocycles. The molecule has 0 radical (unpaired) electrons. The molecule has 12 rings (SSSR count). The van der Waals surface area contributed by atoms with Gasteiger partial charge in [-0.25, -0.2) is 24.0 Å². The van der Waals surface area contributed by atoms with Gasteiger partial charge in [0, 0.05) is 204 Å². The molecule has 10 amide bonds. The molecule has 7 N–H and O–H groups in total. The van der Waals surface area contributed by atoms with Gasteiger partial charge in [0.1, 0.15) is 17.2 Å². The number of H-pyrrole nitrogens is 2. The molecule has 106 heavy (non-hydrogen) atoms. The van der Waals surface area contributed by atoms with Crippen molar-refractivity contribution in [1.82, 2.24) is 85.6 Å². The van der Waals surface area contributed by atoms with E-state index in [2.05, 4.69) is 114 Å². The number of benzene rings is 5. The number of methoxy groups -OCH3 is 5. The number of fused-ring (bicyclic) bond motifs is 2. The van der Waals surface area contributed by atoms with Gasteiger partial charge in [0.2, 0.25) is 0 Å². The van der Waals surface area contributed by atoms with Crippen LogP contribution in [0.4, 0.5) is 24.0 Å². The first-order chi connectivity index (χ1) is 51.4. The topological polar surface area (TPSA) is 256 Å². The molecule has 578 valence electrons. The molecule has 0 spiro atoms. The molecule has 0 aliphatic carbocycles. The standard InChI is InChI=1S/2C17H24N4O2.C16H25N3O3.C15H23N3O2.C14H21N3O/c1-20-7-9-21(10-8-20)17(22)18-6-5-13-12-19-16-4-3-14(23-2)11-15(13)16;1-20-7-9-21(10-8-20)17(22)18-6-5-13-12-19-16-11-14(23-2)3-4-15(13)16;1-18-8-10-19(11-9-18)16(20)17-7-6-13-4-5-14(21-2)15(12-13)22-3;1-17-9-11-18(12-10-17)15(19)16-8-7-13-3-5-14(20-2)6-4-13;1-16-9-11-17(12-10-16)14(18)15-8-7-13-5-3-2-4-6-13/h2*3-4,11-12,19H,5-10H2,1-2H3,(H,18,22);4-5,12H,6-11H2,1-3H3,(H,17,20);3-6H,7-12H2,1-2H3,(H,16,19);2-6H,7-12H2,1H3,(H,15,18). The summed E-state index contributed by atoms with van der Waals surface area (Å²) in [6.45, 7) is 20.8. The van der Waals surface area contributed by atoms with Gasteiger partial charge in [-0.1, -0.05) is 48.5 Å². The number of nitrogens with zero attached hydrogens (tertiary/aromatic N) is 10. The van der Waals surface area contributed by atoms with E-state index in [9.17, 15) is 24.0 Å². The van der Waals surface area contributed by atoms with Crippen LogP contribution in [0.1, 0.15) is 27.8 Å². The molecule has 5 aliphatic heterocycles. The van der Waals surface area contributed by atoms with Crippen molar-refractivity contribution in [2.45, 2.75) is 32.1 Å². The first-order valence-electron chi connectivity index (χ1n) is 37.1. The SMILES string of the molecule is CN1CCN(C(=O)NCCc2ccccc2)CC1.COc1ccc(CCNC(=O)N2CCN(C)CC2)cc1.COc1ccc(CCNC(=O)N2CCN(C)CC2)cc1OC.COc1ccc2[nH]cc(CCNC(=O)N3CCN(C)CC3)c2c1.COc1ccc2c(CCNC(=O)N3CCN(C)CC3)c[nH]c2c1. The van der Waals surface area contributed by atoms with Crippen molar-refractivity contribution in [3.8, 4) is 28.7 Å². The number of aromatic nitrogens is 2. The number of hydrogen-bond acceptors (Lipinski definition) is 15. The number of nitrogens with one attached hydrogen (secondary N) is 7. The van der Waals surface area contributed by atoms with Gasteiger partial charge >= 0.3 is 30.2 Å². The van der Waals surface area contributed by atoms with E-state index in [1.54, 1.807) is 35.5 Å². The highest BCUT2D eigenvalue weighted by Gasteiger charge is 2.24. The van der Waals surface area contributed by atoms with Gasteiger partial charge in [0.15, 0.2) is 11.5 Å². The first-order valence-corrected chi connectivity index (χ1v) is 37.1. The summed E-state index contributed by atoms with van der Waals surface area (Å²) in [7, 11) is 18.6. The number of piperazine rings is 5. The number of carbonyl (C=O) groups excluding carboxylic acids is 5. The predicted octanol–water partition coefficient (Wildman–Crippen LogP) is 6.94. The van der Waals surface area contributed by atoms with E-state index >= 15 is 0 Å². The number of carbonyl (C=O) groups is 5. The Morgan fingerprint density at radius 1 is 0.311 bits per heavy atom. The van der Waals surface area contributed by atoms with Gasteiger partial charge in [-0.15, -0.1) is 0 Å². The van der Waals surface area contributed by atoms with Gasteiger partial charge in [0.25, 0.3) is 0 Å². The summed E-state index contributed by atoms with van der Waals surface area (Å²) in [4.78, 5) is 87.4. The Labute approximate surface area is 627 Å². The highest BCUT2D eigenvalue weighted by atomic mass is 16.5. The molecule has 2 aromatic heterocycles. The first kappa shape index (κ1) is 82.0. The van der Waals surface area contributed by atoms with Crippen LogP contribution < -0.4 is 50.3 Å². The number of likely N-dealkylation sites (N-methyl/N-ethyl adjacent to an activating group) is 5. The number of ether oxygens (including phenoxy) is 5. The third-order valence-corrected chi connectivity index (χ3v) is 19.8. The van der Waals surface area contributed by atoms with Gasteiger partial charge in [-0.05, 0) is 150 Å². The lowest BCUT2D eigenvalue weighted by Gasteiger charge is -2.32. The van der Waals surface area contributed by atoms with Crippen molar-refractivity contribution in [2.75, 3.05) is 234 Å². The van der Waals surface area contributed by atoms with Gasteiger partial charge in [-0.2, -0.15) is 0 Å². The van der Waals surface area contributed by atoms with Crippen LogP contribution in [0.15, 0.2) is 122 Å². The average molecular weight is 1460 g/mol. The van der Waals surface area contributed by atoms with Gasteiger partial charge < -0.3 is 109 Å². The summed E-state index contributed by atoms with van der Waals surface area (Å²) in [6.07, 6.45) is 8.11. The highest BCUT2D eigenvalue weighted by molar-refractivity contribution is 5.86. The molecule has 5 aliphatic rings. The molecular formula is C79H117N17O10. The zero-order chi connectivity index (χ0) is 75.6. The second-order valence-electron chi connectivity index (χ2n) is 27.3. The molecular weight excluding hydrogens is 1350 g/mol. The van der Waals surface area contributed by atoms with Crippen LogP contribution in [-0.2, 0) is 32.1 Å². The van der Waals surface area contributed by atoms with E-state index in [1.165, 1.54) is 27.6 Å².